The van der Waals surface area contributed by atoms with E-state index in [1.807, 2.05) is 23.1 Å². The summed E-state index contributed by atoms with van der Waals surface area (Å²) in [5, 5.41) is 0.233. The summed E-state index contributed by atoms with van der Waals surface area (Å²) in [5.74, 6) is 0.162. The molecule has 4 nitrogen and oxygen atoms in total. The fourth-order valence-corrected chi connectivity index (χ4v) is 2.99. The van der Waals surface area contributed by atoms with E-state index in [4.69, 9.17) is 17.3 Å². The van der Waals surface area contributed by atoms with Gasteiger partial charge in [0.25, 0.3) is 5.91 Å². The number of fused-ring (bicyclic) bond motifs is 1. The number of hydrogen-bond donors (Lipinski definition) is 1. The second-order valence-corrected chi connectivity index (χ2v) is 5.68. The van der Waals surface area contributed by atoms with Crippen LogP contribution in [0.2, 0.25) is 5.15 Å². The van der Waals surface area contributed by atoms with E-state index in [1.54, 1.807) is 12.1 Å². The molecule has 0 fully saturated rings. The van der Waals surface area contributed by atoms with Gasteiger partial charge >= 0.3 is 0 Å². The normalized spacial score (nSPS) is 17.4. The Morgan fingerprint density at radius 1 is 1.38 bits per heavy atom. The summed E-state index contributed by atoms with van der Waals surface area (Å²) in [6.07, 6.45) is 1.93. The van der Waals surface area contributed by atoms with E-state index in [0.717, 1.165) is 18.5 Å². The lowest BCUT2D eigenvalue weighted by atomic mass is 9.96. The van der Waals surface area contributed by atoms with Gasteiger partial charge in [0.15, 0.2) is 0 Å². The molecule has 0 radical (unpaired) electrons. The molecule has 1 atom stereocenters. The van der Waals surface area contributed by atoms with Crippen molar-refractivity contribution in [1.29, 1.82) is 0 Å². The summed E-state index contributed by atoms with van der Waals surface area (Å²) in [4.78, 5) is 18.6. The Hall–Kier alpha value is -2.07. The number of para-hydroxylation sites is 1. The highest BCUT2D eigenvalue weighted by Gasteiger charge is 2.29. The zero-order valence-corrected chi connectivity index (χ0v) is 12.5. The van der Waals surface area contributed by atoms with Crippen LogP contribution in [0, 0.1) is 0 Å². The summed E-state index contributed by atoms with van der Waals surface area (Å²) >= 11 is 5.91. The number of pyridine rings is 1. The van der Waals surface area contributed by atoms with Crippen LogP contribution in [0.3, 0.4) is 0 Å². The van der Waals surface area contributed by atoms with Crippen LogP contribution in [0.5, 0.6) is 0 Å². The predicted molar refractivity (Wildman–Crippen MR) is 84.7 cm³/mol. The molecule has 1 aromatic carbocycles. The third-order valence-electron chi connectivity index (χ3n) is 3.80. The van der Waals surface area contributed by atoms with E-state index in [2.05, 4.69) is 18.0 Å². The zero-order chi connectivity index (χ0) is 15.0. The Balaban J connectivity index is 2.04. The van der Waals surface area contributed by atoms with Crippen molar-refractivity contribution in [2.24, 2.45) is 0 Å². The molecule has 0 saturated carbocycles. The SMILES string of the molecule is CC1CCc2ccccc2N1C(=O)c1cc(N)nc(Cl)c1. The van der Waals surface area contributed by atoms with Gasteiger partial charge in [-0.3, -0.25) is 4.79 Å². The molecule has 108 valence electrons. The Bertz CT molecular complexity index is 681. The van der Waals surface area contributed by atoms with Crippen LogP contribution in [0.4, 0.5) is 11.5 Å². The van der Waals surface area contributed by atoms with Crippen LogP contribution in [-0.4, -0.2) is 16.9 Å². The van der Waals surface area contributed by atoms with Crippen LogP contribution in [0.15, 0.2) is 36.4 Å². The van der Waals surface area contributed by atoms with Gasteiger partial charge in [0.2, 0.25) is 0 Å². The molecular weight excluding hydrogens is 286 g/mol. The Morgan fingerprint density at radius 3 is 2.90 bits per heavy atom. The number of carbonyl (C=O) groups excluding carboxylic acids is 1. The number of benzene rings is 1. The summed E-state index contributed by atoms with van der Waals surface area (Å²) in [5.41, 5.74) is 8.32. The summed E-state index contributed by atoms with van der Waals surface area (Å²) < 4.78 is 0. The summed E-state index contributed by atoms with van der Waals surface area (Å²) in [6.45, 7) is 2.06. The van der Waals surface area contributed by atoms with Crippen molar-refractivity contribution in [1.82, 2.24) is 4.98 Å². The number of carbonyl (C=O) groups is 1. The molecule has 3 rings (SSSR count). The first-order chi connectivity index (χ1) is 10.1. The lowest BCUT2D eigenvalue weighted by Gasteiger charge is -2.35. The first-order valence-electron chi connectivity index (χ1n) is 6.91. The third-order valence-corrected chi connectivity index (χ3v) is 4.00. The van der Waals surface area contributed by atoms with Crippen molar-refractivity contribution >= 4 is 29.0 Å². The first-order valence-corrected chi connectivity index (χ1v) is 7.28. The maximum absolute atomic E-state index is 12.9. The van der Waals surface area contributed by atoms with E-state index in [-0.39, 0.29) is 22.9 Å². The molecule has 1 aromatic heterocycles. The van der Waals surface area contributed by atoms with Crippen molar-refractivity contribution in [3.05, 3.63) is 52.7 Å². The van der Waals surface area contributed by atoms with Gasteiger partial charge in [-0.2, -0.15) is 0 Å². The average Bonchev–Trinajstić information content (AvgIpc) is 2.45. The fraction of sp³-hybridized carbons (Fsp3) is 0.250. The Morgan fingerprint density at radius 2 is 2.14 bits per heavy atom. The number of halogens is 1. The molecule has 0 saturated heterocycles. The second kappa shape index (κ2) is 5.37. The van der Waals surface area contributed by atoms with Crippen molar-refractivity contribution < 1.29 is 4.79 Å². The van der Waals surface area contributed by atoms with Gasteiger partial charge in [0, 0.05) is 17.3 Å². The summed E-state index contributed by atoms with van der Waals surface area (Å²) in [7, 11) is 0. The highest BCUT2D eigenvalue weighted by atomic mass is 35.5. The first kappa shape index (κ1) is 13.9. The summed E-state index contributed by atoms with van der Waals surface area (Å²) in [6, 6.07) is 11.3. The van der Waals surface area contributed by atoms with Crippen LogP contribution >= 0.6 is 11.6 Å². The molecule has 1 aliphatic rings. The minimum Gasteiger partial charge on any atom is -0.384 e. The van der Waals surface area contributed by atoms with Gasteiger partial charge in [-0.05, 0) is 43.5 Å². The number of aromatic nitrogens is 1. The fourth-order valence-electron chi connectivity index (χ4n) is 2.78. The molecule has 0 bridgehead atoms. The Kier molecular flexibility index (Phi) is 3.55. The maximum Gasteiger partial charge on any atom is 0.258 e. The minimum atomic E-state index is -0.0920. The van der Waals surface area contributed by atoms with E-state index in [1.165, 1.54) is 5.56 Å². The van der Waals surface area contributed by atoms with Crippen LogP contribution in [0.1, 0.15) is 29.3 Å². The maximum atomic E-state index is 12.9. The van der Waals surface area contributed by atoms with Crippen LogP contribution in [0.25, 0.3) is 0 Å². The molecule has 2 aromatic rings. The number of anilines is 2. The highest BCUT2D eigenvalue weighted by Crippen LogP contribution is 2.32. The zero-order valence-electron chi connectivity index (χ0n) is 11.7. The third kappa shape index (κ3) is 2.59. The molecule has 21 heavy (non-hydrogen) atoms. The molecule has 1 amide bonds. The average molecular weight is 302 g/mol. The molecule has 0 spiro atoms. The van der Waals surface area contributed by atoms with E-state index in [9.17, 15) is 4.79 Å². The van der Waals surface area contributed by atoms with Gasteiger partial charge in [-0.1, -0.05) is 29.8 Å². The second-order valence-electron chi connectivity index (χ2n) is 5.29. The molecule has 1 unspecified atom stereocenters. The van der Waals surface area contributed by atoms with Crippen molar-refractivity contribution in [2.45, 2.75) is 25.8 Å². The van der Waals surface area contributed by atoms with Crippen molar-refractivity contribution in [3.63, 3.8) is 0 Å². The standard InChI is InChI=1S/C16H16ClN3O/c1-10-6-7-11-4-2-3-5-13(11)20(10)16(21)12-8-14(17)19-15(18)9-12/h2-5,8-10H,6-7H2,1H3,(H2,18,19). The predicted octanol–water partition coefficient (Wildman–Crippen LogP) is 3.30. The number of amides is 1. The molecular formula is C16H16ClN3O. The van der Waals surface area contributed by atoms with Crippen LogP contribution < -0.4 is 10.6 Å². The van der Waals surface area contributed by atoms with Gasteiger partial charge in [-0.15, -0.1) is 0 Å². The number of nitrogens with two attached hydrogens (primary N) is 1. The van der Waals surface area contributed by atoms with E-state index < -0.39 is 0 Å². The smallest absolute Gasteiger partial charge is 0.258 e. The number of hydrogen-bond acceptors (Lipinski definition) is 3. The van der Waals surface area contributed by atoms with Gasteiger partial charge in [-0.25, -0.2) is 4.98 Å². The minimum absolute atomic E-state index is 0.0920. The molecule has 0 aliphatic carbocycles. The number of nitrogen functional groups attached to an aromatic ring is 1. The van der Waals surface area contributed by atoms with Crippen molar-refractivity contribution in [3.8, 4) is 0 Å². The largest absolute Gasteiger partial charge is 0.384 e. The Labute approximate surface area is 128 Å². The van der Waals surface area contributed by atoms with Crippen molar-refractivity contribution in [2.75, 3.05) is 10.6 Å². The molecule has 5 heteroatoms. The van der Waals surface area contributed by atoms with E-state index >= 15 is 0 Å². The van der Waals surface area contributed by atoms with Gasteiger partial charge < -0.3 is 10.6 Å². The topological polar surface area (TPSA) is 59.2 Å². The number of aryl methyl sites for hydroxylation is 1. The van der Waals surface area contributed by atoms with Gasteiger partial charge in [0.05, 0.1) is 0 Å². The molecule has 1 aliphatic heterocycles. The number of rotatable bonds is 1. The van der Waals surface area contributed by atoms with Crippen LogP contribution in [-0.2, 0) is 6.42 Å². The molecule has 2 heterocycles. The van der Waals surface area contributed by atoms with E-state index in [0.29, 0.717) is 5.56 Å². The lowest BCUT2D eigenvalue weighted by molar-refractivity contribution is 0.0975. The molecule has 2 N–H and O–H groups in total. The van der Waals surface area contributed by atoms with Gasteiger partial charge in [0.1, 0.15) is 11.0 Å². The highest BCUT2D eigenvalue weighted by molar-refractivity contribution is 6.30. The quantitative estimate of drug-likeness (QED) is 0.822. The number of nitrogens with zero attached hydrogens (tertiary/aromatic N) is 2. The monoisotopic (exact) mass is 301 g/mol. The lowest BCUT2D eigenvalue weighted by Crippen LogP contribution is -2.42.